The van der Waals surface area contributed by atoms with Crippen molar-refractivity contribution in [2.75, 3.05) is 12.3 Å². The predicted octanol–water partition coefficient (Wildman–Crippen LogP) is 2.04. The average Bonchev–Trinajstić information content (AvgIpc) is 3.00. The van der Waals surface area contributed by atoms with Gasteiger partial charge in [-0.25, -0.2) is 4.98 Å². The molecule has 0 aromatic carbocycles. The zero-order valence-electron chi connectivity index (χ0n) is 9.32. The molecular formula is C12H19N3. The fourth-order valence-electron chi connectivity index (χ4n) is 1.91. The summed E-state index contributed by atoms with van der Waals surface area (Å²) < 4.78 is 0. The molecule has 0 aliphatic heterocycles. The first kappa shape index (κ1) is 10.4. The second kappa shape index (κ2) is 4.62. The zero-order chi connectivity index (χ0) is 10.7. The molecule has 1 heterocycles. The molecule has 82 valence electrons. The van der Waals surface area contributed by atoms with Crippen LogP contribution < -0.4 is 5.73 Å². The van der Waals surface area contributed by atoms with Crippen LogP contribution >= 0.6 is 0 Å². The molecule has 1 aromatic heterocycles. The van der Waals surface area contributed by atoms with Crippen LogP contribution in [0.3, 0.4) is 0 Å². The molecule has 3 heteroatoms. The van der Waals surface area contributed by atoms with Crippen LogP contribution in [-0.2, 0) is 6.54 Å². The summed E-state index contributed by atoms with van der Waals surface area (Å²) in [7, 11) is 0. The van der Waals surface area contributed by atoms with Crippen LogP contribution in [0.4, 0.5) is 5.82 Å². The summed E-state index contributed by atoms with van der Waals surface area (Å²) in [5.74, 6) is 0.625. The summed E-state index contributed by atoms with van der Waals surface area (Å²) in [6, 6.07) is 6.68. The Bertz CT molecular complexity index is 320. The van der Waals surface area contributed by atoms with Gasteiger partial charge in [-0.3, -0.25) is 4.90 Å². The minimum Gasteiger partial charge on any atom is -0.384 e. The molecule has 2 rings (SSSR count). The highest BCUT2D eigenvalue weighted by Gasteiger charge is 2.28. The largest absolute Gasteiger partial charge is 0.384 e. The van der Waals surface area contributed by atoms with E-state index in [9.17, 15) is 0 Å². The van der Waals surface area contributed by atoms with Crippen LogP contribution in [0.25, 0.3) is 0 Å². The summed E-state index contributed by atoms with van der Waals surface area (Å²) in [5, 5.41) is 0. The third-order valence-electron chi connectivity index (χ3n) is 2.77. The minimum atomic E-state index is 0.625. The van der Waals surface area contributed by atoms with Gasteiger partial charge in [0, 0.05) is 12.6 Å². The minimum absolute atomic E-state index is 0.625. The highest BCUT2D eigenvalue weighted by molar-refractivity contribution is 5.28. The molecule has 0 amide bonds. The van der Waals surface area contributed by atoms with Crippen molar-refractivity contribution in [1.29, 1.82) is 0 Å². The quantitative estimate of drug-likeness (QED) is 0.799. The number of anilines is 1. The molecule has 0 radical (unpaired) electrons. The van der Waals surface area contributed by atoms with Gasteiger partial charge in [0.25, 0.3) is 0 Å². The van der Waals surface area contributed by atoms with E-state index in [4.69, 9.17) is 5.73 Å². The van der Waals surface area contributed by atoms with Crippen LogP contribution in [0.5, 0.6) is 0 Å². The van der Waals surface area contributed by atoms with E-state index >= 15 is 0 Å². The highest BCUT2D eigenvalue weighted by Crippen LogP contribution is 2.28. The third-order valence-corrected chi connectivity index (χ3v) is 2.77. The Morgan fingerprint density at radius 1 is 1.47 bits per heavy atom. The van der Waals surface area contributed by atoms with E-state index in [1.807, 2.05) is 12.1 Å². The number of nitrogens with two attached hydrogens (primary N) is 1. The monoisotopic (exact) mass is 205 g/mol. The molecule has 1 fully saturated rings. The lowest BCUT2D eigenvalue weighted by molar-refractivity contribution is 0.252. The van der Waals surface area contributed by atoms with Gasteiger partial charge in [0.05, 0.1) is 5.69 Å². The van der Waals surface area contributed by atoms with E-state index in [1.54, 1.807) is 0 Å². The van der Waals surface area contributed by atoms with Crippen LogP contribution in [0.15, 0.2) is 18.2 Å². The standard InChI is InChI=1S/C12H19N3/c1-2-8-15(11-6-7-11)9-10-4-3-5-12(13)14-10/h3-5,11H,2,6-9H2,1H3,(H2,13,14). The molecule has 2 N–H and O–H groups in total. The fourth-order valence-corrected chi connectivity index (χ4v) is 1.91. The smallest absolute Gasteiger partial charge is 0.123 e. The fraction of sp³-hybridized carbons (Fsp3) is 0.583. The molecule has 0 bridgehead atoms. The SMILES string of the molecule is CCCN(Cc1cccc(N)n1)C1CC1. The van der Waals surface area contributed by atoms with Crippen LogP contribution in [-0.4, -0.2) is 22.5 Å². The van der Waals surface area contributed by atoms with E-state index < -0.39 is 0 Å². The molecule has 1 aromatic rings. The summed E-state index contributed by atoms with van der Waals surface area (Å²) in [5.41, 5.74) is 6.76. The number of hydrogen-bond acceptors (Lipinski definition) is 3. The summed E-state index contributed by atoms with van der Waals surface area (Å²) >= 11 is 0. The van der Waals surface area contributed by atoms with Crippen molar-refractivity contribution >= 4 is 5.82 Å². The maximum Gasteiger partial charge on any atom is 0.123 e. The Morgan fingerprint density at radius 2 is 2.27 bits per heavy atom. The van der Waals surface area contributed by atoms with E-state index in [1.165, 1.54) is 25.8 Å². The lowest BCUT2D eigenvalue weighted by Gasteiger charge is -2.20. The first-order valence-corrected chi connectivity index (χ1v) is 5.75. The number of hydrogen-bond donors (Lipinski definition) is 1. The van der Waals surface area contributed by atoms with Crippen molar-refractivity contribution in [3.05, 3.63) is 23.9 Å². The molecule has 1 aliphatic carbocycles. The number of pyridine rings is 1. The van der Waals surface area contributed by atoms with Crippen LogP contribution in [0.2, 0.25) is 0 Å². The Morgan fingerprint density at radius 3 is 2.87 bits per heavy atom. The molecule has 0 atom stereocenters. The Balaban J connectivity index is 1.98. The van der Waals surface area contributed by atoms with Crippen molar-refractivity contribution in [2.45, 2.75) is 38.8 Å². The molecule has 15 heavy (non-hydrogen) atoms. The lowest BCUT2D eigenvalue weighted by atomic mass is 10.3. The second-order valence-electron chi connectivity index (χ2n) is 4.26. The molecule has 1 aliphatic rings. The van der Waals surface area contributed by atoms with Gasteiger partial charge in [0.15, 0.2) is 0 Å². The maximum absolute atomic E-state index is 5.67. The van der Waals surface area contributed by atoms with Crippen molar-refractivity contribution in [3.63, 3.8) is 0 Å². The first-order valence-electron chi connectivity index (χ1n) is 5.75. The predicted molar refractivity (Wildman–Crippen MR) is 62.4 cm³/mol. The van der Waals surface area contributed by atoms with Gasteiger partial charge in [-0.05, 0) is 37.9 Å². The van der Waals surface area contributed by atoms with Gasteiger partial charge in [-0.1, -0.05) is 13.0 Å². The molecule has 0 unspecified atom stereocenters. The molecular weight excluding hydrogens is 186 g/mol. The van der Waals surface area contributed by atoms with Gasteiger partial charge >= 0.3 is 0 Å². The van der Waals surface area contributed by atoms with E-state index in [-0.39, 0.29) is 0 Å². The number of aromatic nitrogens is 1. The number of nitrogen functional groups attached to an aromatic ring is 1. The van der Waals surface area contributed by atoms with Gasteiger partial charge in [-0.2, -0.15) is 0 Å². The molecule has 3 nitrogen and oxygen atoms in total. The Hall–Kier alpha value is -1.09. The normalized spacial score (nSPS) is 15.9. The molecule has 1 saturated carbocycles. The third kappa shape index (κ3) is 2.93. The lowest BCUT2D eigenvalue weighted by Crippen LogP contribution is -2.26. The van der Waals surface area contributed by atoms with Crippen LogP contribution in [0.1, 0.15) is 31.9 Å². The van der Waals surface area contributed by atoms with Crippen molar-refractivity contribution < 1.29 is 0 Å². The summed E-state index contributed by atoms with van der Waals surface area (Å²) in [4.78, 5) is 6.86. The topological polar surface area (TPSA) is 42.1 Å². The Labute approximate surface area is 91.3 Å². The van der Waals surface area contributed by atoms with Gasteiger partial charge in [0.1, 0.15) is 5.82 Å². The highest BCUT2D eigenvalue weighted by atomic mass is 15.2. The zero-order valence-corrected chi connectivity index (χ0v) is 9.32. The van der Waals surface area contributed by atoms with Crippen molar-refractivity contribution in [1.82, 2.24) is 9.88 Å². The maximum atomic E-state index is 5.67. The van der Waals surface area contributed by atoms with Gasteiger partial charge in [0.2, 0.25) is 0 Å². The van der Waals surface area contributed by atoms with E-state index in [0.29, 0.717) is 5.82 Å². The number of nitrogens with zero attached hydrogens (tertiary/aromatic N) is 2. The Kier molecular flexibility index (Phi) is 3.21. The average molecular weight is 205 g/mol. The van der Waals surface area contributed by atoms with Gasteiger partial charge < -0.3 is 5.73 Å². The molecule has 0 spiro atoms. The van der Waals surface area contributed by atoms with E-state index in [0.717, 1.165) is 18.3 Å². The summed E-state index contributed by atoms with van der Waals surface area (Å²) in [6.07, 6.45) is 3.91. The number of rotatable bonds is 5. The molecule has 0 saturated heterocycles. The van der Waals surface area contributed by atoms with Crippen molar-refractivity contribution in [2.24, 2.45) is 0 Å². The van der Waals surface area contributed by atoms with Crippen LogP contribution in [0, 0.1) is 0 Å². The van der Waals surface area contributed by atoms with E-state index in [2.05, 4.69) is 22.9 Å². The second-order valence-corrected chi connectivity index (χ2v) is 4.26. The van der Waals surface area contributed by atoms with Crippen molar-refractivity contribution in [3.8, 4) is 0 Å². The summed E-state index contributed by atoms with van der Waals surface area (Å²) in [6.45, 7) is 4.34. The van der Waals surface area contributed by atoms with Gasteiger partial charge in [-0.15, -0.1) is 0 Å². The first-order chi connectivity index (χ1) is 7.29.